The van der Waals surface area contributed by atoms with Gasteiger partial charge in [-0.25, -0.2) is 0 Å². The van der Waals surface area contributed by atoms with Gasteiger partial charge in [0.25, 0.3) is 0 Å². The Morgan fingerprint density at radius 1 is 0.857 bits per heavy atom. The van der Waals surface area contributed by atoms with Crippen molar-refractivity contribution in [3.63, 3.8) is 0 Å². The van der Waals surface area contributed by atoms with Crippen molar-refractivity contribution >= 4 is 11.9 Å². The topological polar surface area (TPSA) is 57.6 Å². The molecule has 1 amide bonds. The quantitative estimate of drug-likeness (QED) is 0.851. The average molecular weight is 293 g/mol. The zero-order valence-electron chi connectivity index (χ0n) is 13.1. The van der Waals surface area contributed by atoms with Crippen LogP contribution in [0.5, 0.6) is 0 Å². The van der Waals surface area contributed by atoms with Crippen LogP contribution in [0.15, 0.2) is 0 Å². The van der Waals surface area contributed by atoms with Crippen LogP contribution in [0.4, 0.5) is 0 Å². The van der Waals surface area contributed by atoms with Gasteiger partial charge in [-0.2, -0.15) is 0 Å². The highest BCUT2D eigenvalue weighted by Crippen LogP contribution is 2.50. The van der Waals surface area contributed by atoms with Crippen molar-refractivity contribution in [3.05, 3.63) is 0 Å². The highest BCUT2D eigenvalue weighted by atomic mass is 16.4. The first-order valence-corrected chi connectivity index (χ1v) is 8.55. The molecule has 4 nitrogen and oxygen atoms in total. The number of carbonyl (C=O) groups is 2. The minimum Gasteiger partial charge on any atom is -0.481 e. The molecule has 4 aliphatic rings. The number of aliphatic carboxylic acids is 1. The Balaban J connectivity index is 1.86. The number of carboxylic acid groups (broad SMARTS) is 1. The number of likely N-dealkylation sites (tertiary alicyclic amines) is 1. The molecule has 1 saturated heterocycles. The Kier molecular flexibility index (Phi) is 3.98. The predicted octanol–water partition coefficient (Wildman–Crippen LogP) is 2.91. The number of carboxylic acids is 1. The van der Waals surface area contributed by atoms with Crippen molar-refractivity contribution in [1.82, 2.24) is 4.90 Å². The molecule has 4 atom stereocenters. The molecule has 0 radical (unpaired) electrons. The van der Waals surface area contributed by atoms with Crippen LogP contribution in [0.1, 0.15) is 58.8 Å². The molecule has 4 rings (SSSR count). The second kappa shape index (κ2) is 5.62. The zero-order valence-corrected chi connectivity index (χ0v) is 13.1. The van der Waals surface area contributed by atoms with Gasteiger partial charge in [0.2, 0.25) is 5.91 Å². The first-order chi connectivity index (χ1) is 10.0. The molecule has 0 spiro atoms. The highest BCUT2D eigenvalue weighted by Gasteiger charge is 2.52. The van der Waals surface area contributed by atoms with Crippen molar-refractivity contribution < 1.29 is 14.7 Å². The largest absolute Gasteiger partial charge is 0.481 e. The zero-order chi connectivity index (χ0) is 15.1. The lowest BCUT2D eigenvalue weighted by Gasteiger charge is -2.49. The maximum atomic E-state index is 13.1. The van der Waals surface area contributed by atoms with Crippen molar-refractivity contribution in [1.29, 1.82) is 0 Å². The maximum absolute atomic E-state index is 13.1. The molecule has 0 aromatic heterocycles. The number of amides is 1. The number of fused-ring (bicyclic) bond motifs is 3. The lowest BCUT2D eigenvalue weighted by Crippen LogP contribution is -2.56. The van der Waals surface area contributed by atoms with Crippen LogP contribution < -0.4 is 0 Å². The van der Waals surface area contributed by atoms with Crippen molar-refractivity contribution in [3.8, 4) is 0 Å². The molecule has 2 bridgehead atoms. The third kappa shape index (κ3) is 2.47. The first-order valence-electron chi connectivity index (χ1n) is 8.55. The van der Waals surface area contributed by atoms with E-state index in [9.17, 15) is 14.7 Å². The minimum atomic E-state index is -0.750. The fourth-order valence-corrected chi connectivity index (χ4v) is 5.19. The number of hydrogen-bond donors (Lipinski definition) is 1. The van der Waals surface area contributed by atoms with Gasteiger partial charge in [-0.3, -0.25) is 9.59 Å². The Labute approximate surface area is 126 Å². The van der Waals surface area contributed by atoms with E-state index in [4.69, 9.17) is 0 Å². The van der Waals surface area contributed by atoms with Crippen molar-refractivity contribution in [2.75, 3.05) is 0 Å². The van der Waals surface area contributed by atoms with Gasteiger partial charge < -0.3 is 10.0 Å². The molecular weight excluding hydrogens is 266 g/mol. The molecule has 0 unspecified atom stereocenters. The Bertz CT molecular complexity index is 418. The summed E-state index contributed by atoms with van der Waals surface area (Å²) in [6.45, 7) is 4.23. The number of piperidine rings is 1. The molecular formula is C17H27NO3. The lowest BCUT2D eigenvalue weighted by atomic mass is 9.58. The summed E-state index contributed by atoms with van der Waals surface area (Å²) < 4.78 is 0. The number of rotatable bonds is 2. The second-order valence-electron chi connectivity index (χ2n) is 7.44. The van der Waals surface area contributed by atoms with E-state index in [0.29, 0.717) is 5.92 Å². The Morgan fingerprint density at radius 2 is 1.33 bits per heavy atom. The number of carbonyl (C=O) groups excluding carboxylic acids is 1. The standard InChI is InChI=1S/C17H27NO3/c1-10-4-3-5-11(2)18(10)16(19)14-12-6-8-13(9-7-12)15(14)17(20)21/h10-15H,3-9H2,1-2H3,(H,20,21)/t10-,11-,12?,13?,14+,15-/m0/s1. The number of nitrogens with zero attached hydrogens (tertiary/aromatic N) is 1. The molecule has 0 aromatic carbocycles. The van der Waals surface area contributed by atoms with Gasteiger partial charge in [0, 0.05) is 12.1 Å². The average Bonchev–Trinajstić information content (AvgIpc) is 2.47. The highest BCUT2D eigenvalue weighted by molar-refractivity contribution is 5.86. The SMILES string of the molecule is C[C@H]1CCC[C@H](C)N1C(=O)[C@@H]1C2CCC(CC2)[C@@H]1C(=O)O. The normalized spacial score (nSPS) is 42.9. The van der Waals surface area contributed by atoms with Crippen molar-refractivity contribution in [2.24, 2.45) is 23.7 Å². The summed E-state index contributed by atoms with van der Waals surface area (Å²) in [5, 5.41) is 9.64. The summed E-state index contributed by atoms with van der Waals surface area (Å²) in [4.78, 5) is 26.9. The summed E-state index contributed by atoms with van der Waals surface area (Å²) in [6.07, 6.45) is 7.35. The smallest absolute Gasteiger partial charge is 0.307 e. The summed E-state index contributed by atoms with van der Waals surface area (Å²) in [5.74, 6) is -0.803. The Morgan fingerprint density at radius 3 is 1.81 bits per heavy atom. The monoisotopic (exact) mass is 293 g/mol. The van der Waals surface area contributed by atoms with E-state index in [1.54, 1.807) is 0 Å². The van der Waals surface area contributed by atoms with Gasteiger partial charge in [0.1, 0.15) is 0 Å². The van der Waals surface area contributed by atoms with Crippen molar-refractivity contribution in [2.45, 2.75) is 70.9 Å². The first kappa shape index (κ1) is 14.9. The molecule has 118 valence electrons. The molecule has 3 aliphatic carbocycles. The van der Waals surface area contributed by atoms with E-state index >= 15 is 0 Å². The lowest BCUT2D eigenvalue weighted by molar-refractivity contribution is -0.165. The summed E-state index contributed by atoms with van der Waals surface area (Å²) >= 11 is 0. The van der Waals surface area contributed by atoms with Gasteiger partial charge in [0.15, 0.2) is 0 Å². The third-order valence-corrected chi connectivity index (χ3v) is 6.24. The molecule has 4 heteroatoms. The fourth-order valence-electron chi connectivity index (χ4n) is 5.19. The van der Waals surface area contributed by atoms with Gasteiger partial charge in [-0.05, 0) is 70.6 Å². The van der Waals surface area contributed by atoms with Gasteiger partial charge in [-0.15, -0.1) is 0 Å². The van der Waals surface area contributed by atoms with E-state index in [2.05, 4.69) is 13.8 Å². The molecule has 4 fully saturated rings. The molecule has 1 aliphatic heterocycles. The summed E-state index contributed by atoms with van der Waals surface area (Å²) in [5.41, 5.74) is 0. The van der Waals surface area contributed by atoms with Crippen LogP contribution in [-0.2, 0) is 9.59 Å². The van der Waals surface area contributed by atoms with Gasteiger partial charge in [-0.1, -0.05) is 0 Å². The van der Waals surface area contributed by atoms with E-state index in [1.165, 1.54) is 6.42 Å². The summed E-state index contributed by atoms with van der Waals surface area (Å²) in [6, 6.07) is 0.521. The summed E-state index contributed by atoms with van der Waals surface area (Å²) in [7, 11) is 0. The minimum absolute atomic E-state index is 0.136. The van der Waals surface area contributed by atoms with Crippen LogP contribution in [-0.4, -0.2) is 34.0 Å². The molecule has 0 aromatic rings. The molecule has 1 N–H and O–H groups in total. The predicted molar refractivity (Wildman–Crippen MR) is 79.7 cm³/mol. The van der Waals surface area contributed by atoms with Crippen LogP contribution in [0.25, 0.3) is 0 Å². The molecule has 21 heavy (non-hydrogen) atoms. The van der Waals surface area contributed by atoms with E-state index in [-0.39, 0.29) is 29.8 Å². The van der Waals surface area contributed by atoms with Gasteiger partial charge in [0.05, 0.1) is 11.8 Å². The second-order valence-corrected chi connectivity index (χ2v) is 7.44. The molecule has 3 saturated carbocycles. The third-order valence-electron chi connectivity index (χ3n) is 6.24. The fraction of sp³-hybridized carbons (Fsp3) is 0.882. The maximum Gasteiger partial charge on any atom is 0.307 e. The van der Waals surface area contributed by atoms with Gasteiger partial charge >= 0.3 is 5.97 Å². The molecule has 1 heterocycles. The van der Waals surface area contributed by atoms with E-state index < -0.39 is 11.9 Å². The Hall–Kier alpha value is -1.06. The number of hydrogen-bond acceptors (Lipinski definition) is 2. The van der Waals surface area contributed by atoms with Crippen LogP contribution >= 0.6 is 0 Å². The van der Waals surface area contributed by atoms with Crippen LogP contribution in [0, 0.1) is 23.7 Å². The van der Waals surface area contributed by atoms with Crippen LogP contribution in [0.2, 0.25) is 0 Å². The van der Waals surface area contributed by atoms with E-state index in [1.807, 2.05) is 4.90 Å². The van der Waals surface area contributed by atoms with E-state index in [0.717, 1.165) is 38.5 Å². The van der Waals surface area contributed by atoms with Crippen LogP contribution in [0.3, 0.4) is 0 Å².